The molecule has 6 nitrogen and oxygen atoms in total. The largest absolute Gasteiger partial charge is 0.488 e. The second-order valence-corrected chi connectivity index (χ2v) is 11.2. The molecule has 5 aromatic rings. The van der Waals surface area contributed by atoms with Crippen LogP contribution in [0.25, 0.3) is 11.8 Å². The first-order valence-electron chi connectivity index (χ1n) is 13.8. The average Bonchev–Trinajstić information content (AvgIpc) is 3.35. The van der Waals surface area contributed by atoms with Crippen molar-refractivity contribution in [2.24, 2.45) is 4.99 Å². The molecule has 4 aromatic carbocycles. The van der Waals surface area contributed by atoms with Crippen LogP contribution in [0.1, 0.15) is 35.2 Å². The SMILES string of the molecule is CCOC(=O)C1=C(c2ccccc2)N=c2s/c(=C\c3ccccc3OCc3cccc(Cl)c3)c(=O)n2[C@H]1c1ccccc1. The van der Waals surface area contributed by atoms with Crippen LogP contribution in [0, 0.1) is 0 Å². The third-order valence-electron chi connectivity index (χ3n) is 6.98. The van der Waals surface area contributed by atoms with E-state index >= 15 is 0 Å². The summed E-state index contributed by atoms with van der Waals surface area (Å²) in [5.41, 5.74) is 3.80. The van der Waals surface area contributed by atoms with Gasteiger partial charge >= 0.3 is 5.97 Å². The number of para-hydroxylation sites is 1. The number of carbonyl (C=O) groups is 1. The van der Waals surface area contributed by atoms with Gasteiger partial charge in [0, 0.05) is 16.1 Å². The Kier molecular flexibility index (Phi) is 8.36. The van der Waals surface area contributed by atoms with Crippen molar-refractivity contribution in [1.82, 2.24) is 4.57 Å². The number of nitrogens with zero attached hydrogens (tertiary/aromatic N) is 2. The van der Waals surface area contributed by atoms with E-state index in [9.17, 15) is 9.59 Å². The van der Waals surface area contributed by atoms with Gasteiger partial charge in [-0.1, -0.05) is 114 Å². The summed E-state index contributed by atoms with van der Waals surface area (Å²) in [6, 6.07) is 33.4. The number of esters is 1. The second kappa shape index (κ2) is 12.7. The molecule has 43 heavy (non-hydrogen) atoms. The number of benzene rings is 4. The van der Waals surface area contributed by atoms with Gasteiger partial charge in [0.1, 0.15) is 12.4 Å². The summed E-state index contributed by atoms with van der Waals surface area (Å²) in [5.74, 6) is 0.123. The van der Waals surface area contributed by atoms with Crippen molar-refractivity contribution in [1.29, 1.82) is 0 Å². The van der Waals surface area contributed by atoms with E-state index in [1.165, 1.54) is 11.3 Å². The summed E-state index contributed by atoms with van der Waals surface area (Å²) in [4.78, 5) is 33.1. The number of rotatable bonds is 8. The van der Waals surface area contributed by atoms with E-state index < -0.39 is 12.0 Å². The van der Waals surface area contributed by atoms with Gasteiger partial charge in [-0.2, -0.15) is 0 Å². The number of hydrogen-bond donors (Lipinski definition) is 0. The van der Waals surface area contributed by atoms with Crippen LogP contribution in [-0.2, 0) is 16.1 Å². The maximum absolute atomic E-state index is 14.2. The van der Waals surface area contributed by atoms with Crippen molar-refractivity contribution in [3.63, 3.8) is 0 Å². The van der Waals surface area contributed by atoms with Gasteiger partial charge in [-0.05, 0) is 42.3 Å². The van der Waals surface area contributed by atoms with E-state index in [0.29, 0.717) is 38.0 Å². The molecule has 1 aliphatic rings. The van der Waals surface area contributed by atoms with Gasteiger partial charge in [-0.3, -0.25) is 9.36 Å². The van der Waals surface area contributed by atoms with E-state index in [0.717, 1.165) is 22.3 Å². The number of thiazole rings is 1. The van der Waals surface area contributed by atoms with E-state index in [-0.39, 0.29) is 12.2 Å². The lowest BCUT2D eigenvalue weighted by molar-refractivity contribution is -0.138. The van der Waals surface area contributed by atoms with Crippen LogP contribution in [-0.4, -0.2) is 17.1 Å². The molecular formula is C35H27ClN2O4S. The molecule has 0 aliphatic carbocycles. The molecule has 0 radical (unpaired) electrons. The summed E-state index contributed by atoms with van der Waals surface area (Å²) >= 11 is 7.42. The molecule has 6 rings (SSSR count). The molecule has 0 saturated carbocycles. The van der Waals surface area contributed by atoms with Gasteiger partial charge < -0.3 is 9.47 Å². The Labute approximate surface area is 257 Å². The number of carbonyl (C=O) groups excluding carboxylic acids is 1. The van der Waals surface area contributed by atoms with E-state index in [2.05, 4.69) is 0 Å². The lowest BCUT2D eigenvalue weighted by Gasteiger charge is -2.25. The fraction of sp³-hybridized carbons (Fsp3) is 0.114. The van der Waals surface area contributed by atoms with Crippen LogP contribution in [0.5, 0.6) is 5.75 Å². The molecule has 0 fully saturated rings. The fourth-order valence-electron chi connectivity index (χ4n) is 5.05. The average molecular weight is 607 g/mol. The van der Waals surface area contributed by atoms with Gasteiger partial charge in [0.25, 0.3) is 5.56 Å². The Morgan fingerprint density at radius 3 is 2.42 bits per heavy atom. The van der Waals surface area contributed by atoms with Crippen molar-refractivity contribution >= 4 is 40.7 Å². The summed E-state index contributed by atoms with van der Waals surface area (Å²) in [7, 11) is 0. The Morgan fingerprint density at radius 1 is 0.953 bits per heavy atom. The molecule has 214 valence electrons. The predicted octanol–water partition coefficient (Wildman–Crippen LogP) is 6.17. The standard InChI is InChI=1S/C35H27ClN2O4S/c1-2-41-34(40)30-31(24-13-5-3-6-14-24)37-35-38(32(30)25-15-7-4-8-16-25)33(39)29(43-35)21-26-17-9-10-19-28(26)42-22-23-12-11-18-27(36)20-23/h3-21,32H,2,22H2,1H3/b29-21-/t32-/m0/s1. The molecule has 8 heteroatoms. The summed E-state index contributed by atoms with van der Waals surface area (Å²) in [5, 5.41) is 0.639. The maximum atomic E-state index is 14.2. The van der Waals surface area contributed by atoms with Crippen molar-refractivity contribution < 1.29 is 14.3 Å². The van der Waals surface area contributed by atoms with Gasteiger partial charge in [-0.25, -0.2) is 9.79 Å². The molecule has 0 amide bonds. The highest BCUT2D eigenvalue weighted by molar-refractivity contribution is 7.07. The van der Waals surface area contributed by atoms with Crippen LogP contribution in [0.15, 0.2) is 125 Å². The molecule has 0 unspecified atom stereocenters. The van der Waals surface area contributed by atoms with Crippen molar-refractivity contribution in [2.75, 3.05) is 6.61 Å². The van der Waals surface area contributed by atoms with Crippen molar-refractivity contribution in [3.8, 4) is 5.75 Å². The highest BCUT2D eigenvalue weighted by atomic mass is 35.5. The Morgan fingerprint density at radius 2 is 1.67 bits per heavy atom. The Hall–Kier alpha value is -4.72. The normalized spacial score (nSPS) is 14.7. The van der Waals surface area contributed by atoms with Gasteiger partial charge in [-0.15, -0.1) is 0 Å². The fourth-order valence-corrected chi connectivity index (χ4v) is 6.26. The minimum absolute atomic E-state index is 0.197. The van der Waals surface area contributed by atoms with Crippen LogP contribution >= 0.6 is 22.9 Å². The zero-order chi connectivity index (χ0) is 29.8. The quantitative estimate of drug-likeness (QED) is 0.198. The predicted molar refractivity (Wildman–Crippen MR) is 170 cm³/mol. The second-order valence-electron chi connectivity index (χ2n) is 9.80. The summed E-state index contributed by atoms with van der Waals surface area (Å²) in [6.07, 6.45) is 1.81. The smallest absolute Gasteiger partial charge is 0.338 e. The van der Waals surface area contributed by atoms with Gasteiger partial charge in [0.2, 0.25) is 0 Å². The highest BCUT2D eigenvalue weighted by Crippen LogP contribution is 2.35. The van der Waals surface area contributed by atoms with E-state index in [1.54, 1.807) is 11.5 Å². The van der Waals surface area contributed by atoms with E-state index in [1.807, 2.05) is 115 Å². The zero-order valence-electron chi connectivity index (χ0n) is 23.3. The minimum Gasteiger partial charge on any atom is -0.488 e. The zero-order valence-corrected chi connectivity index (χ0v) is 24.8. The Bertz CT molecular complexity index is 2000. The van der Waals surface area contributed by atoms with Crippen LogP contribution in [0.3, 0.4) is 0 Å². The molecule has 0 saturated heterocycles. The molecular weight excluding hydrogens is 580 g/mol. The van der Waals surface area contributed by atoms with Crippen LogP contribution in [0.4, 0.5) is 0 Å². The molecule has 0 spiro atoms. The number of fused-ring (bicyclic) bond motifs is 1. The number of aromatic nitrogens is 1. The monoisotopic (exact) mass is 606 g/mol. The minimum atomic E-state index is -0.719. The first-order valence-corrected chi connectivity index (χ1v) is 15.0. The highest BCUT2D eigenvalue weighted by Gasteiger charge is 2.35. The van der Waals surface area contributed by atoms with Crippen LogP contribution < -0.4 is 19.6 Å². The lowest BCUT2D eigenvalue weighted by Crippen LogP contribution is -2.40. The maximum Gasteiger partial charge on any atom is 0.338 e. The molecule has 0 bridgehead atoms. The van der Waals surface area contributed by atoms with Crippen molar-refractivity contribution in [2.45, 2.75) is 19.6 Å². The summed E-state index contributed by atoms with van der Waals surface area (Å²) in [6.45, 7) is 2.28. The van der Waals surface area contributed by atoms with Gasteiger partial charge in [0.15, 0.2) is 4.80 Å². The Balaban J connectivity index is 1.51. The number of hydrogen-bond acceptors (Lipinski definition) is 6. The third kappa shape index (κ3) is 5.95. The summed E-state index contributed by atoms with van der Waals surface area (Å²) < 4.78 is 13.7. The van der Waals surface area contributed by atoms with E-state index in [4.69, 9.17) is 26.1 Å². The third-order valence-corrected chi connectivity index (χ3v) is 8.20. The molecule has 0 N–H and O–H groups in total. The molecule has 1 aliphatic heterocycles. The number of halogens is 1. The lowest BCUT2D eigenvalue weighted by atomic mass is 9.93. The molecule has 1 aromatic heterocycles. The first-order chi connectivity index (χ1) is 21.0. The van der Waals surface area contributed by atoms with Crippen LogP contribution in [0.2, 0.25) is 5.02 Å². The molecule has 2 heterocycles. The molecule has 1 atom stereocenters. The van der Waals surface area contributed by atoms with Crippen molar-refractivity contribution in [3.05, 3.63) is 162 Å². The topological polar surface area (TPSA) is 69.9 Å². The first kappa shape index (κ1) is 28.4. The van der Waals surface area contributed by atoms with Gasteiger partial charge in [0.05, 0.1) is 28.5 Å². The number of ether oxygens (including phenoxy) is 2.